The fourth-order valence-electron chi connectivity index (χ4n) is 5.98. The number of nitrogens with one attached hydrogen (secondary N) is 1. The maximum Gasteiger partial charge on any atom is 0.236 e. The molecule has 2 atom stereocenters. The molecule has 4 rings (SSSR count). The number of carbonyl (C=O) groups is 1. The minimum absolute atomic E-state index is 0.0744. The number of hydrogen-bond acceptors (Lipinski definition) is 1. The van der Waals surface area contributed by atoms with Crippen LogP contribution in [-0.2, 0) is 4.79 Å². The number of alkyl halides is 1. The van der Waals surface area contributed by atoms with Crippen LogP contribution >= 0.6 is 15.9 Å². The second-order valence-electron chi connectivity index (χ2n) is 8.84. The van der Waals surface area contributed by atoms with E-state index in [1.165, 1.54) is 38.5 Å². The predicted octanol–water partition coefficient (Wildman–Crippen LogP) is 4.03. The summed E-state index contributed by atoms with van der Waals surface area (Å²) in [5, 5.41) is 3.43. The van der Waals surface area contributed by atoms with E-state index < -0.39 is 4.32 Å². The van der Waals surface area contributed by atoms with Gasteiger partial charge in [0, 0.05) is 5.54 Å². The van der Waals surface area contributed by atoms with Crippen LogP contribution in [0.5, 0.6) is 0 Å². The van der Waals surface area contributed by atoms with Crippen molar-refractivity contribution in [1.82, 2.24) is 5.32 Å². The zero-order valence-corrected chi connectivity index (χ0v) is 14.2. The van der Waals surface area contributed by atoms with E-state index in [9.17, 15) is 4.79 Å². The summed E-state index contributed by atoms with van der Waals surface area (Å²) < 4.78 is -0.460. The largest absolute Gasteiger partial charge is 0.349 e. The van der Waals surface area contributed by atoms with Crippen molar-refractivity contribution < 1.29 is 4.79 Å². The summed E-state index contributed by atoms with van der Waals surface area (Å²) in [7, 11) is 0. The van der Waals surface area contributed by atoms with Crippen molar-refractivity contribution in [1.29, 1.82) is 0 Å². The lowest BCUT2D eigenvalue weighted by Gasteiger charge is -2.65. The second kappa shape index (κ2) is 3.78. The Balaban J connectivity index is 1.87. The molecule has 1 amide bonds. The molecule has 4 fully saturated rings. The highest BCUT2D eigenvalue weighted by Gasteiger charge is 2.60. The van der Waals surface area contributed by atoms with E-state index in [-0.39, 0.29) is 11.4 Å². The molecule has 4 aliphatic rings. The van der Waals surface area contributed by atoms with Crippen LogP contribution in [0.3, 0.4) is 0 Å². The predicted molar refractivity (Wildman–Crippen MR) is 81.3 cm³/mol. The lowest BCUT2D eigenvalue weighted by molar-refractivity contribution is -0.140. The first-order chi connectivity index (χ1) is 8.53. The molecule has 0 aromatic carbocycles. The highest BCUT2D eigenvalue weighted by molar-refractivity contribution is 9.10. The molecule has 108 valence electrons. The lowest BCUT2D eigenvalue weighted by Crippen LogP contribution is -2.66. The van der Waals surface area contributed by atoms with E-state index in [4.69, 9.17) is 0 Å². The maximum atomic E-state index is 12.4. The average Bonchev–Trinajstić information content (AvgIpc) is 2.07. The van der Waals surface area contributed by atoms with Crippen molar-refractivity contribution in [3.05, 3.63) is 0 Å². The molecule has 2 nitrogen and oxygen atoms in total. The van der Waals surface area contributed by atoms with Crippen LogP contribution in [0.25, 0.3) is 0 Å². The van der Waals surface area contributed by atoms with E-state index in [1.54, 1.807) is 0 Å². The Morgan fingerprint density at radius 2 is 1.63 bits per heavy atom. The Morgan fingerprint density at radius 3 is 2.05 bits per heavy atom. The topological polar surface area (TPSA) is 29.1 Å². The summed E-state index contributed by atoms with van der Waals surface area (Å²) in [6, 6.07) is 0. The first-order valence-corrected chi connectivity index (χ1v) is 8.34. The normalized spacial score (nSPS) is 48.4. The Hall–Kier alpha value is -0.0500. The van der Waals surface area contributed by atoms with Gasteiger partial charge in [0.05, 0.1) is 4.32 Å². The van der Waals surface area contributed by atoms with Crippen molar-refractivity contribution in [2.24, 2.45) is 16.7 Å². The van der Waals surface area contributed by atoms with Gasteiger partial charge < -0.3 is 5.32 Å². The van der Waals surface area contributed by atoms with E-state index in [0.29, 0.717) is 10.8 Å². The van der Waals surface area contributed by atoms with Crippen LogP contribution in [0.15, 0.2) is 0 Å². The van der Waals surface area contributed by atoms with Crippen LogP contribution < -0.4 is 5.32 Å². The van der Waals surface area contributed by atoms with Crippen LogP contribution in [0.4, 0.5) is 0 Å². The van der Waals surface area contributed by atoms with Crippen LogP contribution in [-0.4, -0.2) is 15.8 Å². The van der Waals surface area contributed by atoms with Crippen molar-refractivity contribution >= 4 is 21.8 Å². The Bertz CT molecular complexity index is 407. The van der Waals surface area contributed by atoms with E-state index in [0.717, 1.165) is 5.92 Å². The first-order valence-electron chi connectivity index (χ1n) is 7.55. The van der Waals surface area contributed by atoms with Gasteiger partial charge in [-0.1, -0.05) is 29.8 Å². The summed E-state index contributed by atoms with van der Waals surface area (Å²) in [5.74, 6) is 0.978. The fraction of sp³-hybridized carbons (Fsp3) is 0.938. The van der Waals surface area contributed by atoms with E-state index in [1.807, 2.05) is 13.8 Å². The number of halogens is 1. The molecule has 0 aromatic heterocycles. The Morgan fingerprint density at radius 1 is 1.11 bits per heavy atom. The number of hydrogen-bond donors (Lipinski definition) is 1. The molecule has 2 unspecified atom stereocenters. The summed E-state index contributed by atoms with van der Waals surface area (Å²) >= 11 is 3.50. The van der Waals surface area contributed by atoms with Gasteiger partial charge in [0.25, 0.3) is 0 Å². The monoisotopic (exact) mass is 327 g/mol. The smallest absolute Gasteiger partial charge is 0.236 e. The third-order valence-corrected chi connectivity index (χ3v) is 5.91. The molecule has 19 heavy (non-hydrogen) atoms. The Kier molecular flexibility index (Phi) is 2.77. The number of amides is 1. The van der Waals surface area contributed by atoms with Gasteiger partial charge in [0.1, 0.15) is 0 Å². The summed E-state index contributed by atoms with van der Waals surface area (Å²) in [4.78, 5) is 12.4. The van der Waals surface area contributed by atoms with Crippen molar-refractivity contribution in [2.45, 2.75) is 76.1 Å². The fourth-order valence-corrected chi connectivity index (χ4v) is 6.08. The Labute approximate surface area is 125 Å². The molecule has 3 heteroatoms. The van der Waals surface area contributed by atoms with Crippen LogP contribution in [0, 0.1) is 16.7 Å². The van der Waals surface area contributed by atoms with Gasteiger partial charge in [-0.2, -0.15) is 0 Å². The minimum Gasteiger partial charge on any atom is -0.349 e. The van der Waals surface area contributed by atoms with Crippen molar-refractivity contribution in [3.8, 4) is 0 Å². The highest BCUT2D eigenvalue weighted by atomic mass is 79.9. The zero-order chi connectivity index (χ0) is 14.1. The molecule has 0 radical (unpaired) electrons. The summed E-state index contributed by atoms with van der Waals surface area (Å²) in [5.41, 5.74) is 0.987. The van der Waals surface area contributed by atoms with Gasteiger partial charge in [0.15, 0.2) is 0 Å². The lowest BCUT2D eigenvalue weighted by atomic mass is 9.43. The zero-order valence-electron chi connectivity index (χ0n) is 12.6. The molecule has 0 saturated heterocycles. The molecule has 4 saturated carbocycles. The van der Waals surface area contributed by atoms with E-state index >= 15 is 0 Å². The van der Waals surface area contributed by atoms with Gasteiger partial charge in [-0.15, -0.1) is 0 Å². The molecule has 0 spiro atoms. The summed E-state index contributed by atoms with van der Waals surface area (Å²) in [6.45, 7) is 8.75. The first kappa shape index (κ1) is 13.9. The number of rotatable bonds is 2. The van der Waals surface area contributed by atoms with Gasteiger partial charge >= 0.3 is 0 Å². The van der Waals surface area contributed by atoms with Gasteiger partial charge in [-0.25, -0.2) is 0 Å². The average molecular weight is 328 g/mol. The second-order valence-corrected chi connectivity index (χ2v) is 10.8. The van der Waals surface area contributed by atoms with Crippen molar-refractivity contribution in [3.63, 3.8) is 0 Å². The maximum absolute atomic E-state index is 12.4. The molecule has 0 heterocycles. The molecular weight excluding hydrogens is 302 g/mol. The molecular formula is C16H26BrNO. The van der Waals surface area contributed by atoms with Crippen molar-refractivity contribution in [2.75, 3.05) is 0 Å². The SMILES string of the molecule is CC12CC3CC(C)(C1)CC(NC(=O)C(C)(C)Br)(C3)C2. The van der Waals surface area contributed by atoms with Gasteiger partial charge in [-0.05, 0) is 69.1 Å². The number of carbonyl (C=O) groups excluding carboxylic acids is 1. The highest BCUT2D eigenvalue weighted by Crippen LogP contribution is 2.66. The van der Waals surface area contributed by atoms with E-state index in [2.05, 4.69) is 35.1 Å². The molecule has 1 N–H and O–H groups in total. The molecule has 0 aliphatic heterocycles. The third kappa shape index (κ3) is 2.36. The quantitative estimate of drug-likeness (QED) is 0.762. The van der Waals surface area contributed by atoms with Gasteiger partial charge in [-0.3, -0.25) is 4.79 Å². The summed E-state index contributed by atoms with van der Waals surface area (Å²) in [6.07, 6.45) is 7.66. The standard InChI is InChI=1S/C16H26BrNO/c1-13(2,17)12(19)18-16-7-11-5-14(3,9-16)8-15(4,6-11)10-16/h11H,5-10H2,1-4H3,(H,18,19). The molecule has 4 bridgehead atoms. The van der Waals surface area contributed by atoms with Crippen LogP contribution in [0.2, 0.25) is 0 Å². The molecule has 4 aliphatic carbocycles. The molecule has 0 aromatic rings. The van der Waals surface area contributed by atoms with Crippen LogP contribution in [0.1, 0.15) is 66.2 Å². The van der Waals surface area contributed by atoms with Gasteiger partial charge in [0.2, 0.25) is 5.91 Å². The third-order valence-electron chi connectivity index (χ3n) is 5.54. The minimum atomic E-state index is -0.460.